The number of rotatable bonds is 4. The maximum absolute atomic E-state index is 13.0. The van der Waals surface area contributed by atoms with Gasteiger partial charge in [-0.25, -0.2) is 0 Å². The van der Waals surface area contributed by atoms with Gasteiger partial charge in [0.15, 0.2) is 0 Å². The summed E-state index contributed by atoms with van der Waals surface area (Å²) < 4.78 is 5.86. The van der Waals surface area contributed by atoms with Crippen LogP contribution in [0.2, 0.25) is 0 Å². The van der Waals surface area contributed by atoms with Crippen LogP contribution in [0.25, 0.3) is 0 Å². The third-order valence-corrected chi connectivity index (χ3v) is 7.09. The van der Waals surface area contributed by atoms with E-state index in [0.29, 0.717) is 11.8 Å². The Balaban J connectivity index is 1.46. The van der Waals surface area contributed by atoms with Crippen LogP contribution < -0.4 is 4.74 Å². The minimum atomic E-state index is -0.168. The van der Waals surface area contributed by atoms with E-state index >= 15 is 0 Å². The van der Waals surface area contributed by atoms with Gasteiger partial charge < -0.3 is 4.74 Å². The first-order chi connectivity index (χ1) is 11.4. The molecule has 0 aliphatic heterocycles. The molecule has 0 radical (unpaired) electrons. The third-order valence-electron chi connectivity index (χ3n) is 7.09. The van der Waals surface area contributed by atoms with Gasteiger partial charge in [0.2, 0.25) is 0 Å². The van der Waals surface area contributed by atoms with Crippen LogP contribution in [-0.2, 0) is 4.79 Å². The molecule has 0 N–H and O–H groups in total. The second kappa shape index (κ2) is 5.89. The molecule has 4 bridgehead atoms. The van der Waals surface area contributed by atoms with E-state index in [0.717, 1.165) is 42.8 Å². The predicted octanol–water partition coefficient (Wildman–Crippen LogP) is 5.57. The Kier molecular flexibility index (Phi) is 3.97. The molecule has 24 heavy (non-hydrogen) atoms. The van der Waals surface area contributed by atoms with E-state index in [1.54, 1.807) is 0 Å². The molecule has 1 atom stereocenters. The summed E-state index contributed by atoms with van der Waals surface area (Å²) in [5.41, 5.74) is 1.15. The number of carbonyl (C=O) groups excluding carboxylic acids is 1. The number of esters is 1. The van der Waals surface area contributed by atoms with Crippen molar-refractivity contribution in [3.63, 3.8) is 0 Å². The van der Waals surface area contributed by atoms with Crippen LogP contribution in [0.3, 0.4) is 0 Å². The Bertz CT molecular complexity index is 578. The van der Waals surface area contributed by atoms with E-state index in [-0.39, 0.29) is 11.4 Å². The van der Waals surface area contributed by atoms with Crippen molar-refractivity contribution in [2.45, 2.75) is 65.2 Å². The van der Waals surface area contributed by atoms with Gasteiger partial charge in [0.25, 0.3) is 0 Å². The first-order valence-electron chi connectivity index (χ1n) is 9.77. The molecule has 4 aliphatic carbocycles. The van der Waals surface area contributed by atoms with Crippen molar-refractivity contribution < 1.29 is 9.53 Å². The molecule has 2 heteroatoms. The molecule has 2 nitrogen and oxygen atoms in total. The molecule has 1 unspecified atom stereocenters. The fourth-order valence-corrected chi connectivity index (χ4v) is 5.80. The van der Waals surface area contributed by atoms with Gasteiger partial charge in [-0.05, 0) is 85.8 Å². The molecule has 0 saturated heterocycles. The molecule has 1 aromatic rings. The largest absolute Gasteiger partial charge is 0.426 e. The second-order valence-corrected chi connectivity index (χ2v) is 9.19. The molecule has 4 saturated carbocycles. The van der Waals surface area contributed by atoms with E-state index in [1.165, 1.54) is 24.8 Å². The highest BCUT2D eigenvalue weighted by atomic mass is 16.5. The lowest BCUT2D eigenvalue weighted by Gasteiger charge is -2.55. The minimum absolute atomic E-state index is 0.0475. The van der Waals surface area contributed by atoms with E-state index in [1.807, 2.05) is 12.1 Å². The van der Waals surface area contributed by atoms with Gasteiger partial charge in [-0.2, -0.15) is 0 Å². The zero-order valence-corrected chi connectivity index (χ0v) is 15.3. The van der Waals surface area contributed by atoms with Crippen LogP contribution in [0.1, 0.15) is 70.8 Å². The van der Waals surface area contributed by atoms with Gasteiger partial charge >= 0.3 is 5.97 Å². The zero-order chi connectivity index (χ0) is 16.9. The van der Waals surface area contributed by atoms with Crippen molar-refractivity contribution in [1.29, 1.82) is 0 Å². The zero-order valence-electron chi connectivity index (χ0n) is 15.3. The van der Waals surface area contributed by atoms with Crippen molar-refractivity contribution in [3.05, 3.63) is 29.8 Å². The van der Waals surface area contributed by atoms with Crippen LogP contribution >= 0.6 is 0 Å². The quantitative estimate of drug-likeness (QED) is 0.534. The van der Waals surface area contributed by atoms with Crippen molar-refractivity contribution >= 4 is 5.97 Å². The van der Waals surface area contributed by atoms with Gasteiger partial charge in [-0.3, -0.25) is 4.79 Å². The summed E-state index contributed by atoms with van der Waals surface area (Å²) in [5, 5.41) is 0. The van der Waals surface area contributed by atoms with Crippen LogP contribution in [0.15, 0.2) is 24.3 Å². The summed E-state index contributed by atoms with van der Waals surface area (Å²) in [6.07, 6.45) is 7.28. The summed E-state index contributed by atoms with van der Waals surface area (Å²) in [4.78, 5) is 13.0. The number of hydrogen-bond donors (Lipinski definition) is 0. The number of ether oxygens (including phenoxy) is 1. The lowest BCUT2D eigenvalue weighted by Crippen LogP contribution is -2.51. The predicted molar refractivity (Wildman–Crippen MR) is 95.9 cm³/mol. The molecule has 0 spiro atoms. The molecule has 1 aromatic carbocycles. The smallest absolute Gasteiger partial charge is 0.317 e. The molecule has 5 rings (SSSR count). The van der Waals surface area contributed by atoms with Crippen molar-refractivity contribution in [2.75, 3.05) is 0 Å². The highest BCUT2D eigenvalue weighted by Crippen LogP contribution is 2.60. The first-order valence-corrected chi connectivity index (χ1v) is 9.77. The second-order valence-electron chi connectivity index (χ2n) is 9.19. The summed E-state index contributed by atoms with van der Waals surface area (Å²) in [6, 6.07) is 8.19. The van der Waals surface area contributed by atoms with E-state index in [9.17, 15) is 4.79 Å². The number of benzene rings is 1. The Morgan fingerprint density at radius 1 is 0.958 bits per heavy atom. The standard InChI is InChI=1S/C22H30O2/c1-14(2)15(3)19-4-6-20(7-5-19)24-21(23)22-11-16-8-17(12-22)10-18(9-16)13-22/h4-7,14-18H,8-13H2,1-3H3. The van der Waals surface area contributed by atoms with E-state index < -0.39 is 0 Å². The fourth-order valence-electron chi connectivity index (χ4n) is 5.80. The maximum Gasteiger partial charge on any atom is 0.317 e. The molecule has 0 heterocycles. The third kappa shape index (κ3) is 2.78. The molecular weight excluding hydrogens is 296 g/mol. The maximum atomic E-state index is 13.0. The van der Waals surface area contributed by atoms with Crippen LogP contribution in [0, 0.1) is 29.1 Å². The monoisotopic (exact) mass is 326 g/mol. The molecule has 0 amide bonds. The molecule has 4 aliphatic rings. The van der Waals surface area contributed by atoms with Crippen molar-refractivity contribution in [3.8, 4) is 5.75 Å². The fraction of sp³-hybridized carbons (Fsp3) is 0.682. The van der Waals surface area contributed by atoms with E-state index in [4.69, 9.17) is 4.74 Å². The van der Waals surface area contributed by atoms with Gasteiger partial charge in [0.1, 0.15) is 5.75 Å². The molecule has 0 aromatic heterocycles. The average molecular weight is 326 g/mol. The summed E-state index contributed by atoms with van der Waals surface area (Å²) in [7, 11) is 0. The SMILES string of the molecule is CC(C)C(C)c1ccc(OC(=O)C23CC4CC(CC(C4)C2)C3)cc1. The molecule has 4 fully saturated rings. The normalized spacial score (nSPS) is 35.2. The average Bonchev–Trinajstić information content (AvgIpc) is 2.53. The first kappa shape index (κ1) is 16.2. The van der Waals surface area contributed by atoms with Gasteiger partial charge in [0, 0.05) is 0 Å². The lowest BCUT2D eigenvalue weighted by atomic mass is 9.49. The Labute approximate surface area is 146 Å². The van der Waals surface area contributed by atoms with Gasteiger partial charge in [0.05, 0.1) is 5.41 Å². The number of carbonyl (C=O) groups is 1. The van der Waals surface area contributed by atoms with Gasteiger partial charge in [-0.15, -0.1) is 0 Å². The van der Waals surface area contributed by atoms with Gasteiger partial charge in [-0.1, -0.05) is 32.9 Å². The minimum Gasteiger partial charge on any atom is -0.426 e. The topological polar surface area (TPSA) is 26.3 Å². The van der Waals surface area contributed by atoms with Crippen molar-refractivity contribution in [2.24, 2.45) is 29.1 Å². The van der Waals surface area contributed by atoms with Crippen LogP contribution in [0.5, 0.6) is 5.75 Å². The van der Waals surface area contributed by atoms with Crippen LogP contribution in [-0.4, -0.2) is 5.97 Å². The lowest BCUT2D eigenvalue weighted by molar-refractivity contribution is -0.161. The summed E-state index contributed by atoms with van der Waals surface area (Å²) in [6.45, 7) is 6.73. The highest BCUT2D eigenvalue weighted by molar-refractivity contribution is 5.79. The van der Waals surface area contributed by atoms with E-state index in [2.05, 4.69) is 32.9 Å². The van der Waals surface area contributed by atoms with Crippen molar-refractivity contribution in [1.82, 2.24) is 0 Å². The Hall–Kier alpha value is -1.31. The molecular formula is C22H30O2. The number of hydrogen-bond acceptors (Lipinski definition) is 2. The highest BCUT2D eigenvalue weighted by Gasteiger charge is 2.55. The Morgan fingerprint density at radius 2 is 1.46 bits per heavy atom. The summed E-state index contributed by atoms with van der Waals surface area (Å²) in [5.74, 6) is 4.24. The van der Waals surface area contributed by atoms with Crippen LogP contribution in [0.4, 0.5) is 0 Å². The summed E-state index contributed by atoms with van der Waals surface area (Å²) >= 11 is 0. The Morgan fingerprint density at radius 3 is 1.92 bits per heavy atom. The molecule has 130 valence electrons.